The lowest BCUT2D eigenvalue weighted by atomic mass is 9.91. The first-order valence-corrected chi connectivity index (χ1v) is 16.2. The summed E-state index contributed by atoms with van der Waals surface area (Å²) in [6.45, 7) is 4.54. The zero-order chi connectivity index (χ0) is 30.4. The van der Waals surface area contributed by atoms with Crippen molar-refractivity contribution in [2.75, 3.05) is 37.7 Å². The molecular weight excluding hydrogens is 578 g/mol. The van der Waals surface area contributed by atoms with Gasteiger partial charge in [0.05, 0.1) is 11.6 Å². The van der Waals surface area contributed by atoms with Gasteiger partial charge in [-0.25, -0.2) is 13.8 Å². The molecule has 2 bridgehead atoms. The highest BCUT2D eigenvalue weighted by Gasteiger charge is 2.49. The van der Waals surface area contributed by atoms with Crippen LogP contribution in [0.5, 0.6) is 11.9 Å². The molecular formula is C34H36F2N6O3. The third-order valence-electron chi connectivity index (χ3n) is 10.7. The van der Waals surface area contributed by atoms with Gasteiger partial charge in [0.2, 0.25) is 5.88 Å². The molecule has 1 aromatic carbocycles. The monoisotopic (exact) mass is 614 g/mol. The Hall–Kier alpha value is -3.83. The maximum Gasteiger partial charge on any atom is 0.319 e. The van der Waals surface area contributed by atoms with Crippen molar-refractivity contribution in [3.05, 3.63) is 57.5 Å². The molecule has 0 saturated carbocycles. The number of hydrogen-bond acceptors (Lipinski definition) is 9. The molecule has 6 aliphatic rings. The molecule has 2 aromatic heterocycles. The molecule has 5 atom stereocenters. The molecule has 3 fully saturated rings. The number of aliphatic hydroxyl groups is 1. The molecule has 5 aliphatic heterocycles. The number of halogens is 2. The van der Waals surface area contributed by atoms with Gasteiger partial charge in [-0.15, -0.1) is 0 Å². The van der Waals surface area contributed by atoms with Crippen molar-refractivity contribution >= 4 is 28.4 Å². The number of aryl methyl sites for hydroxylation is 1. The average Bonchev–Trinajstić information content (AvgIpc) is 3.67. The number of hydrogen-bond donors (Lipinski definition) is 2. The fourth-order valence-electron chi connectivity index (χ4n) is 8.62. The second kappa shape index (κ2) is 10.1. The molecule has 0 amide bonds. The van der Waals surface area contributed by atoms with Gasteiger partial charge in [0, 0.05) is 37.7 Å². The van der Waals surface area contributed by atoms with Crippen molar-refractivity contribution in [1.82, 2.24) is 25.2 Å². The molecule has 3 saturated heterocycles. The van der Waals surface area contributed by atoms with E-state index in [-0.39, 0.29) is 48.2 Å². The van der Waals surface area contributed by atoms with Crippen LogP contribution in [-0.4, -0.2) is 87.7 Å². The first kappa shape index (κ1) is 27.5. The summed E-state index contributed by atoms with van der Waals surface area (Å²) in [5.41, 5.74) is 2.56. The minimum atomic E-state index is -0.886. The van der Waals surface area contributed by atoms with E-state index in [0.29, 0.717) is 42.9 Å². The van der Waals surface area contributed by atoms with Crippen LogP contribution in [0.4, 0.5) is 14.6 Å². The largest absolute Gasteiger partial charge is 0.474 e. The van der Waals surface area contributed by atoms with Gasteiger partial charge < -0.3 is 24.8 Å². The number of aliphatic hydroxyl groups excluding tert-OH is 1. The highest BCUT2D eigenvalue weighted by atomic mass is 19.1. The molecule has 0 radical (unpaired) electrons. The third-order valence-corrected chi connectivity index (χ3v) is 10.7. The van der Waals surface area contributed by atoms with E-state index in [4.69, 9.17) is 24.4 Å². The summed E-state index contributed by atoms with van der Waals surface area (Å²) in [6.07, 6.45) is 6.48. The lowest BCUT2D eigenvalue weighted by Crippen LogP contribution is -2.54. The first-order valence-electron chi connectivity index (χ1n) is 16.2. The summed E-state index contributed by atoms with van der Waals surface area (Å²) in [6, 6.07) is 6.08. The minimum absolute atomic E-state index is 0.0696. The van der Waals surface area contributed by atoms with E-state index in [2.05, 4.69) is 28.1 Å². The number of nitrogens with zero attached hydrogens (tertiary/aromatic N) is 5. The number of aromatic nitrogens is 3. The molecule has 0 spiro atoms. The molecule has 45 heavy (non-hydrogen) atoms. The van der Waals surface area contributed by atoms with Crippen LogP contribution in [0.2, 0.25) is 0 Å². The lowest BCUT2D eigenvalue weighted by molar-refractivity contribution is 0.107. The summed E-state index contributed by atoms with van der Waals surface area (Å²) in [4.78, 5) is 18.8. The zero-order valence-electron chi connectivity index (χ0n) is 25.2. The van der Waals surface area contributed by atoms with Gasteiger partial charge in [0.1, 0.15) is 47.8 Å². The Kier molecular flexibility index (Phi) is 6.16. The lowest BCUT2D eigenvalue weighted by Gasteiger charge is -2.38. The Bertz CT molecular complexity index is 1900. The van der Waals surface area contributed by atoms with E-state index in [0.717, 1.165) is 53.9 Å². The SMILES string of the molecule is CCc1cccc2c1=C(c1nc3c4c(nc(OC[C@@]56CCCN5C[C@H](F)C6)nc4c1F)N1C[C@@H]4CC=C(N4)[C@@H]1CO3)C[C@@H](O)C=2. The number of anilines is 1. The second-order valence-corrected chi connectivity index (χ2v) is 13.4. The number of alkyl halides is 1. The van der Waals surface area contributed by atoms with Gasteiger partial charge in [-0.3, -0.25) is 4.90 Å². The fourth-order valence-corrected chi connectivity index (χ4v) is 8.62. The van der Waals surface area contributed by atoms with Crippen LogP contribution in [0.1, 0.15) is 50.3 Å². The summed E-state index contributed by atoms with van der Waals surface area (Å²) >= 11 is 0. The zero-order valence-corrected chi connectivity index (χ0v) is 25.2. The van der Waals surface area contributed by atoms with Crippen LogP contribution in [0.3, 0.4) is 0 Å². The van der Waals surface area contributed by atoms with Gasteiger partial charge in [-0.2, -0.15) is 9.97 Å². The Morgan fingerprint density at radius 1 is 1.22 bits per heavy atom. The van der Waals surface area contributed by atoms with Gasteiger partial charge in [-0.05, 0) is 59.9 Å². The number of piperazine rings is 1. The van der Waals surface area contributed by atoms with Crippen LogP contribution >= 0.6 is 0 Å². The smallest absolute Gasteiger partial charge is 0.319 e. The quantitative estimate of drug-likeness (QED) is 0.449. The highest BCUT2D eigenvalue weighted by Crippen LogP contribution is 2.43. The molecule has 3 aromatic rings. The predicted octanol–water partition coefficient (Wildman–Crippen LogP) is 2.25. The maximum atomic E-state index is 17.1. The van der Waals surface area contributed by atoms with Gasteiger partial charge in [0.15, 0.2) is 5.82 Å². The van der Waals surface area contributed by atoms with E-state index in [1.807, 2.05) is 24.3 Å². The van der Waals surface area contributed by atoms with Crippen LogP contribution in [0, 0.1) is 5.82 Å². The highest BCUT2D eigenvalue weighted by molar-refractivity contribution is 5.97. The van der Waals surface area contributed by atoms with Crippen molar-refractivity contribution < 1.29 is 23.4 Å². The van der Waals surface area contributed by atoms with Crippen molar-refractivity contribution in [3.63, 3.8) is 0 Å². The number of fused-ring (bicyclic) bond motifs is 7. The summed E-state index contributed by atoms with van der Waals surface area (Å²) in [5, 5.41) is 16.6. The van der Waals surface area contributed by atoms with Crippen molar-refractivity contribution in [2.24, 2.45) is 0 Å². The summed E-state index contributed by atoms with van der Waals surface area (Å²) < 4.78 is 44.3. The number of nitrogens with one attached hydrogen (secondary N) is 1. The number of ether oxygens (including phenoxy) is 2. The molecule has 11 heteroatoms. The molecule has 9 nitrogen and oxygen atoms in total. The van der Waals surface area contributed by atoms with Crippen LogP contribution in [-0.2, 0) is 6.42 Å². The number of rotatable bonds is 5. The Morgan fingerprint density at radius 3 is 3.02 bits per heavy atom. The van der Waals surface area contributed by atoms with E-state index >= 15 is 4.39 Å². The molecule has 7 heterocycles. The predicted molar refractivity (Wildman–Crippen MR) is 165 cm³/mol. The summed E-state index contributed by atoms with van der Waals surface area (Å²) in [7, 11) is 0. The van der Waals surface area contributed by atoms with Crippen LogP contribution in [0.15, 0.2) is 30.0 Å². The molecule has 2 N–H and O–H groups in total. The normalized spacial score (nSPS) is 29.7. The van der Waals surface area contributed by atoms with Crippen LogP contribution in [0.25, 0.3) is 22.6 Å². The fraction of sp³-hybridized carbons (Fsp3) is 0.500. The molecule has 0 unspecified atom stereocenters. The third kappa shape index (κ3) is 4.19. The minimum Gasteiger partial charge on any atom is -0.474 e. The second-order valence-electron chi connectivity index (χ2n) is 13.4. The standard InChI is InChI=1S/C34H36F2N6O3/c1-2-18-5-3-6-19-11-22(43)12-23(26(18)19)29-28(36)30-27-31(42-15-21-7-8-24(37-21)25(42)16-44-32(27)38-29)40-33(39-30)45-17-34-9-4-10-41(34)14-20(35)13-34/h3,5-6,8,11,20-22,25,37,43H,2,4,7,9-10,12-17H2,1H3/t20-,21+,22+,25+,34+/m1/s1. The van der Waals surface area contributed by atoms with E-state index in [1.165, 1.54) is 0 Å². The number of pyridine rings is 1. The number of benzene rings is 1. The van der Waals surface area contributed by atoms with E-state index < -0.39 is 23.6 Å². The molecule has 234 valence electrons. The molecule has 9 rings (SSSR count). The maximum absolute atomic E-state index is 17.1. The van der Waals surface area contributed by atoms with Gasteiger partial charge >= 0.3 is 6.01 Å². The van der Waals surface area contributed by atoms with Gasteiger partial charge in [-0.1, -0.05) is 31.2 Å². The van der Waals surface area contributed by atoms with Crippen LogP contribution < -0.4 is 30.1 Å². The van der Waals surface area contributed by atoms with E-state index in [1.54, 1.807) is 0 Å². The molecule has 1 aliphatic carbocycles. The summed E-state index contributed by atoms with van der Waals surface area (Å²) in [5.74, 6) is 0.224. The Balaban J connectivity index is 1.24. The van der Waals surface area contributed by atoms with E-state index in [9.17, 15) is 9.50 Å². The first-order chi connectivity index (χ1) is 21.9. The van der Waals surface area contributed by atoms with Crippen molar-refractivity contribution in [1.29, 1.82) is 0 Å². The Morgan fingerprint density at radius 2 is 2.13 bits per heavy atom. The average molecular weight is 615 g/mol. The Labute approximate surface area is 259 Å². The van der Waals surface area contributed by atoms with Crippen molar-refractivity contribution in [3.8, 4) is 11.9 Å². The topological polar surface area (TPSA) is 95.9 Å². The van der Waals surface area contributed by atoms with Gasteiger partial charge in [0.25, 0.3) is 0 Å². The van der Waals surface area contributed by atoms with Crippen molar-refractivity contribution in [2.45, 2.75) is 75.3 Å².